The molecule has 24 heteroatoms. The molecule has 0 amide bonds. The Bertz CT molecular complexity index is 2420. The number of phenols is 1. The number of aliphatic hydroxyl groups is 1. The Labute approximate surface area is 464 Å². The Kier molecular flexibility index (Phi) is 31.9. The van der Waals surface area contributed by atoms with E-state index in [2.05, 4.69) is 77.9 Å². The second-order valence-corrected chi connectivity index (χ2v) is 18.0. The van der Waals surface area contributed by atoms with Gasteiger partial charge in [-0.15, -0.1) is 0 Å². The number of carboxylic acid groups (broad SMARTS) is 1. The number of hydrogen-bond acceptors (Lipinski definition) is 15. The van der Waals surface area contributed by atoms with E-state index in [0.29, 0.717) is 32.7 Å². The fourth-order valence-corrected chi connectivity index (χ4v) is 6.23. The summed E-state index contributed by atoms with van der Waals surface area (Å²) in [4.78, 5) is 65.2. The molecule has 4 rings (SSSR count). The number of Topliss-reactive ketones (excluding diaryl/α,β-unsaturated/α-hetero) is 2. The molecular formula is C47H51Br4F4NaO15. The third-order valence-electron chi connectivity index (χ3n) is 8.34. The fourth-order valence-electron chi connectivity index (χ4n) is 4.78. The van der Waals surface area contributed by atoms with Gasteiger partial charge in [-0.3, -0.25) is 9.59 Å². The third kappa shape index (κ3) is 25.9. The van der Waals surface area contributed by atoms with Crippen LogP contribution >= 0.6 is 63.7 Å². The Balaban J connectivity index is 0. The van der Waals surface area contributed by atoms with E-state index in [-0.39, 0.29) is 69.5 Å². The van der Waals surface area contributed by atoms with Crippen LogP contribution in [-0.2, 0) is 45.2 Å². The molecule has 0 heterocycles. The van der Waals surface area contributed by atoms with Crippen molar-refractivity contribution in [3.05, 3.63) is 113 Å². The number of phenolic OH excluding ortho intramolecular Hbond substituents is 1. The minimum atomic E-state index is -3.12. The Hall–Kier alpha value is -4.10. The predicted molar refractivity (Wildman–Crippen MR) is 260 cm³/mol. The number of carboxylic acids is 1. The van der Waals surface area contributed by atoms with Crippen molar-refractivity contribution >= 4 is 99.2 Å². The summed E-state index contributed by atoms with van der Waals surface area (Å²) in [6, 6.07) is 18.0. The number of methoxy groups -OCH3 is 3. The molecule has 0 spiro atoms. The van der Waals surface area contributed by atoms with Crippen LogP contribution in [-0.4, -0.2) is 91.4 Å². The van der Waals surface area contributed by atoms with Crippen LogP contribution in [0.1, 0.15) is 87.2 Å². The number of ketones is 2. The largest absolute Gasteiger partial charge is 1.00 e. The van der Waals surface area contributed by atoms with Crippen molar-refractivity contribution in [1.82, 2.24) is 0 Å². The molecule has 386 valence electrons. The Morgan fingerprint density at radius 1 is 0.535 bits per heavy atom. The molecule has 15 nitrogen and oxygen atoms in total. The normalized spacial score (nSPS) is 12.1. The van der Waals surface area contributed by atoms with Gasteiger partial charge in [-0.25, -0.2) is 31.9 Å². The molecule has 4 atom stereocenters. The maximum absolute atomic E-state index is 13.4. The van der Waals surface area contributed by atoms with Crippen molar-refractivity contribution in [3.63, 3.8) is 0 Å². The Morgan fingerprint density at radius 2 is 0.845 bits per heavy atom. The van der Waals surface area contributed by atoms with Crippen LogP contribution in [0.4, 0.5) is 17.6 Å². The first kappa shape index (κ1) is 69.0. The molecule has 0 saturated carbocycles. The second-order valence-electron chi connectivity index (χ2n) is 14.3. The van der Waals surface area contributed by atoms with Gasteiger partial charge in [0.15, 0.2) is 23.8 Å². The number of carbonyl (C=O) groups excluding carboxylic acids is 6. The van der Waals surface area contributed by atoms with E-state index in [4.69, 9.17) is 24.4 Å². The van der Waals surface area contributed by atoms with E-state index in [1.54, 1.807) is 43.3 Å². The molecule has 0 aromatic heterocycles. The number of aromatic hydroxyl groups is 1. The van der Waals surface area contributed by atoms with Crippen molar-refractivity contribution in [2.75, 3.05) is 21.3 Å². The molecule has 0 fully saturated rings. The van der Waals surface area contributed by atoms with Crippen molar-refractivity contribution in [3.8, 4) is 23.0 Å². The number of carbonyl (C=O) groups is 6. The topological polar surface area (TPSA) is 221 Å². The zero-order chi connectivity index (χ0) is 54.4. The molecule has 4 aromatic carbocycles. The van der Waals surface area contributed by atoms with Gasteiger partial charge in [0.25, 0.3) is 11.8 Å². The number of ether oxygens (including phenoxy) is 6. The molecule has 4 aromatic rings. The summed E-state index contributed by atoms with van der Waals surface area (Å²) in [6.45, 7) is 9.92. The number of rotatable bonds is 14. The molecule has 0 aliphatic rings. The third-order valence-corrected chi connectivity index (χ3v) is 10.3. The average Bonchev–Trinajstić information content (AvgIpc) is 3.27. The van der Waals surface area contributed by atoms with E-state index < -0.39 is 60.1 Å². The van der Waals surface area contributed by atoms with Crippen molar-refractivity contribution < 1.29 is 120 Å². The van der Waals surface area contributed by atoms with Crippen LogP contribution < -0.4 is 48.9 Å². The molecule has 0 unspecified atom stereocenters. The zero-order valence-electron chi connectivity index (χ0n) is 40.5. The maximum atomic E-state index is 13.4. The quantitative estimate of drug-likeness (QED) is 0.0424. The van der Waals surface area contributed by atoms with Crippen LogP contribution in [0.25, 0.3) is 0 Å². The smallest absolute Gasteiger partial charge is 0.546 e. The molecule has 0 radical (unpaired) electrons. The summed E-state index contributed by atoms with van der Waals surface area (Å²) in [5.74, 6) is -9.41. The summed E-state index contributed by atoms with van der Waals surface area (Å²) in [5.41, 5.74) is 0.113. The van der Waals surface area contributed by atoms with E-state index >= 15 is 0 Å². The second kappa shape index (κ2) is 32.9. The van der Waals surface area contributed by atoms with Gasteiger partial charge in [-0.2, -0.15) is 0 Å². The van der Waals surface area contributed by atoms with Crippen LogP contribution in [0, 0.1) is 0 Å². The first-order chi connectivity index (χ1) is 32.2. The van der Waals surface area contributed by atoms with Crippen molar-refractivity contribution in [1.29, 1.82) is 0 Å². The predicted octanol–water partition coefficient (Wildman–Crippen LogP) is 7.07. The van der Waals surface area contributed by atoms with Gasteiger partial charge in [0.2, 0.25) is 0 Å². The van der Waals surface area contributed by atoms with E-state index in [9.17, 15) is 51.4 Å². The molecule has 0 aliphatic carbocycles. The number of hydrogen-bond donors (Lipinski definition) is 2. The molecule has 71 heavy (non-hydrogen) atoms. The Morgan fingerprint density at radius 3 is 1.14 bits per heavy atom. The van der Waals surface area contributed by atoms with E-state index in [1.165, 1.54) is 92.3 Å². The van der Waals surface area contributed by atoms with Gasteiger partial charge in [-0.05, 0) is 114 Å². The molecular weight excluding hydrogens is 1220 g/mol. The summed E-state index contributed by atoms with van der Waals surface area (Å²) in [5, 5.41) is 28.0. The molecule has 0 aliphatic heterocycles. The number of aliphatic carboxylic acids is 1. The summed E-state index contributed by atoms with van der Waals surface area (Å²) in [7, 11) is 3.73. The standard InChI is InChI=1S/C12H13BrF2O3.C12H13BrO4.C11H11BrF2O3.C8H7BrO2.C4H8O3.Na/c1-7(11(16)17-3)18-10-5-4-8(13)6-9(10)12(2,14)15;1-7(14)10-6-9(13)4-5-11(10)17-8(2)12(15)16-3;1-6(10(15)16)17-9-4-3-7(12)5-8(9)11(2,13)14;1-5(10)7-4-6(9)2-3-8(7)11;1-3(5)4(6)7-2;/h4-7H,1-3H3;4-6,8H,1-3H3;3-6H,1-2H3,(H,15,16);2-4,11H,1H3;3,5H,1-2H3;/q;;;;;+1/p-1/t7-;8-;6-;;3-;/m000.1./s1. The van der Waals surface area contributed by atoms with Crippen LogP contribution in [0.2, 0.25) is 0 Å². The molecule has 0 bridgehead atoms. The minimum Gasteiger partial charge on any atom is -0.546 e. The monoisotopic (exact) mass is 1270 g/mol. The van der Waals surface area contributed by atoms with Gasteiger partial charge >= 0.3 is 47.5 Å². The van der Waals surface area contributed by atoms with Gasteiger partial charge in [0.1, 0.15) is 35.2 Å². The van der Waals surface area contributed by atoms with Crippen molar-refractivity contribution in [2.45, 2.75) is 91.7 Å². The summed E-state index contributed by atoms with van der Waals surface area (Å²) in [6.07, 6.45) is -3.99. The van der Waals surface area contributed by atoms with Crippen LogP contribution in [0.15, 0.2) is 90.7 Å². The van der Waals surface area contributed by atoms with Crippen LogP contribution in [0.3, 0.4) is 0 Å². The van der Waals surface area contributed by atoms with Crippen molar-refractivity contribution in [2.24, 2.45) is 0 Å². The maximum Gasteiger partial charge on any atom is 1.00 e. The van der Waals surface area contributed by atoms with Gasteiger partial charge in [0, 0.05) is 31.7 Å². The summed E-state index contributed by atoms with van der Waals surface area (Å²) < 4.78 is 84.6. The average molecular weight is 1270 g/mol. The molecule has 2 N–H and O–H groups in total. The van der Waals surface area contributed by atoms with E-state index in [1.807, 2.05) is 0 Å². The minimum absolute atomic E-state index is 0. The van der Waals surface area contributed by atoms with E-state index in [0.717, 1.165) is 15.9 Å². The zero-order valence-corrected chi connectivity index (χ0v) is 48.8. The SMILES string of the molecule is CC(=O)c1cc(Br)ccc1O.COC(=O)[C@@H](C)O.COC(=O)[C@H](C)Oc1ccc(Br)cc1C(C)(F)F.COC(=O)[C@H](C)Oc1ccc(Br)cc1C(C)=O.C[C@H](Oc1ccc(Br)cc1C(C)(F)F)C(=O)[O-].[Na+]. The van der Waals surface area contributed by atoms with Gasteiger partial charge < -0.3 is 48.5 Å². The van der Waals surface area contributed by atoms with Gasteiger partial charge in [-0.1, -0.05) is 63.7 Å². The summed E-state index contributed by atoms with van der Waals surface area (Å²) >= 11 is 12.7. The number of halogens is 8. The van der Waals surface area contributed by atoms with Crippen LogP contribution in [0.5, 0.6) is 23.0 Å². The fraction of sp³-hybridized carbons (Fsp3) is 0.362. The first-order valence-corrected chi connectivity index (χ1v) is 23.2. The molecule has 0 saturated heterocycles. The van der Waals surface area contributed by atoms with Gasteiger partial charge in [0.05, 0.1) is 49.6 Å². The number of aliphatic hydroxyl groups excluding tert-OH is 1. The first-order valence-electron chi connectivity index (χ1n) is 20.0. The number of benzene rings is 4. The number of esters is 3. The number of alkyl halides is 4.